The van der Waals surface area contributed by atoms with Crippen molar-refractivity contribution in [1.82, 2.24) is 15.6 Å². The number of piperidine rings is 1. The summed E-state index contributed by atoms with van der Waals surface area (Å²) >= 11 is 0. The Morgan fingerprint density at radius 3 is 2.44 bits per heavy atom. The summed E-state index contributed by atoms with van der Waals surface area (Å²) in [6.45, 7) is 3.35. The lowest BCUT2D eigenvalue weighted by Gasteiger charge is -2.28. The third-order valence-corrected chi connectivity index (χ3v) is 4.52. The highest BCUT2D eigenvalue weighted by Crippen LogP contribution is 2.18. The molecule has 0 saturated carbocycles. The van der Waals surface area contributed by atoms with Crippen molar-refractivity contribution in [3.63, 3.8) is 0 Å². The van der Waals surface area contributed by atoms with Crippen LogP contribution in [-0.2, 0) is 13.1 Å². The lowest BCUT2D eigenvalue weighted by atomic mass is 10.1. The van der Waals surface area contributed by atoms with E-state index in [-0.39, 0.29) is 29.8 Å². The van der Waals surface area contributed by atoms with Crippen molar-refractivity contribution >= 4 is 35.8 Å². The number of guanidine groups is 1. The number of halogens is 2. The Labute approximate surface area is 177 Å². The molecule has 1 aromatic carbocycles. The summed E-state index contributed by atoms with van der Waals surface area (Å²) in [7, 11) is 1.73. The molecule has 2 N–H and O–H groups in total. The molecule has 0 radical (unpaired) electrons. The van der Waals surface area contributed by atoms with Crippen LogP contribution in [0.5, 0.6) is 0 Å². The van der Waals surface area contributed by atoms with Crippen LogP contribution >= 0.6 is 24.0 Å². The number of hydrogen-bond donors (Lipinski definition) is 2. The van der Waals surface area contributed by atoms with Crippen LogP contribution in [0.4, 0.5) is 10.2 Å². The summed E-state index contributed by atoms with van der Waals surface area (Å²) in [6, 6.07) is 10.7. The fourth-order valence-electron chi connectivity index (χ4n) is 3.11. The van der Waals surface area contributed by atoms with Gasteiger partial charge in [-0.1, -0.05) is 12.1 Å². The highest BCUT2D eigenvalue weighted by atomic mass is 127. The molecule has 2 aromatic rings. The summed E-state index contributed by atoms with van der Waals surface area (Å²) in [6.07, 6.45) is 5.65. The van der Waals surface area contributed by atoms with Gasteiger partial charge in [0, 0.05) is 39.4 Å². The molecule has 0 aliphatic carbocycles. The van der Waals surface area contributed by atoms with E-state index in [0.29, 0.717) is 19.0 Å². The van der Waals surface area contributed by atoms with E-state index in [4.69, 9.17) is 0 Å². The smallest absolute Gasteiger partial charge is 0.191 e. The number of anilines is 1. The molecule has 0 atom stereocenters. The molecule has 1 fully saturated rings. The normalized spacial score (nSPS) is 14.4. The minimum Gasteiger partial charge on any atom is -0.357 e. The van der Waals surface area contributed by atoms with Crippen molar-refractivity contribution in [3.05, 3.63) is 59.5 Å². The van der Waals surface area contributed by atoms with Gasteiger partial charge in [0.15, 0.2) is 5.96 Å². The first kappa shape index (κ1) is 21.4. The molecule has 3 rings (SSSR count). The largest absolute Gasteiger partial charge is 0.357 e. The van der Waals surface area contributed by atoms with Gasteiger partial charge in [0.05, 0.1) is 0 Å². The first-order valence-corrected chi connectivity index (χ1v) is 9.13. The molecule has 2 heterocycles. The predicted molar refractivity (Wildman–Crippen MR) is 119 cm³/mol. The van der Waals surface area contributed by atoms with Crippen LogP contribution in [0.25, 0.3) is 0 Å². The van der Waals surface area contributed by atoms with Gasteiger partial charge in [-0.3, -0.25) is 4.99 Å². The van der Waals surface area contributed by atoms with Crippen LogP contribution in [0.3, 0.4) is 0 Å². The van der Waals surface area contributed by atoms with Crippen LogP contribution in [0, 0.1) is 5.82 Å². The molecule has 5 nitrogen and oxygen atoms in total. The van der Waals surface area contributed by atoms with Crippen molar-refractivity contribution in [1.29, 1.82) is 0 Å². The third-order valence-electron chi connectivity index (χ3n) is 4.52. The monoisotopic (exact) mass is 483 g/mol. The highest BCUT2D eigenvalue weighted by Gasteiger charge is 2.12. The number of benzene rings is 1. The molecule has 1 saturated heterocycles. The number of nitrogens with one attached hydrogen (secondary N) is 2. The van der Waals surface area contributed by atoms with Gasteiger partial charge in [0.1, 0.15) is 11.6 Å². The van der Waals surface area contributed by atoms with Gasteiger partial charge in [-0.25, -0.2) is 9.37 Å². The number of aliphatic imine (C=N–C) groups is 1. The second-order valence-corrected chi connectivity index (χ2v) is 6.48. The summed E-state index contributed by atoms with van der Waals surface area (Å²) in [4.78, 5) is 11.1. The number of hydrogen-bond acceptors (Lipinski definition) is 3. The zero-order valence-corrected chi connectivity index (χ0v) is 17.9. The average molecular weight is 483 g/mol. The number of pyridine rings is 1. The highest BCUT2D eigenvalue weighted by molar-refractivity contribution is 14.0. The number of aromatic nitrogens is 1. The van der Waals surface area contributed by atoms with E-state index in [1.807, 2.05) is 18.3 Å². The van der Waals surface area contributed by atoms with Crippen molar-refractivity contribution in [2.45, 2.75) is 32.4 Å². The fraction of sp³-hybridized carbons (Fsp3) is 0.400. The van der Waals surface area contributed by atoms with Gasteiger partial charge < -0.3 is 15.5 Å². The molecule has 1 aliphatic heterocycles. The van der Waals surface area contributed by atoms with E-state index in [9.17, 15) is 4.39 Å². The SMILES string of the molecule is CN=C(NCc1cccc(F)c1)NCc1ccnc(N2CCCCC2)c1.I. The minimum absolute atomic E-state index is 0. The third kappa shape index (κ3) is 6.64. The molecule has 0 amide bonds. The van der Waals surface area contributed by atoms with Crippen molar-refractivity contribution < 1.29 is 4.39 Å². The molecular weight excluding hydrogens is 456 g/mol. The van der Waals surface area contributed by atoms with Crippen LogP contribution in [0.2, 0.25) is 0 Å². The van der Waals surface area contributed by atoms with E-state index >= 15 is 0 Å². The average Bonchev–Trinajstić information content (AvgIpc) is 2.69. The van der Waals surface area contributed by atoms with Crippen LogP contribution in [0.1, 0.15) is 30.4 Å². The molecule has 7 heteroatoms. The summed E-state index contributed by atoms with van der Waals surface area (Å²) in [5, 5.41) is 6.51. The zero-order chi connectivity index (χ0) is 18.2. The lowest BCUT2D eigenvalue weighted by Crippen LogP contribution is -2.36. The maximum Gasteiger partial charge on any atom is 0.191 e. The first-order chi connectivity index (χ1) is 12.7. The van der Waals surface area contributed by atoms with E-state index in [1.165, 1.54) is 31.4 Å². The van der Waals surface area contributed by atoms with Gasteiger partial charge in [0.25, 0.3) is 0 Å². The molecule has 1 aromatic heterocycles. The fourth-order valence-corrected chi connectivity index (χ4v) is 3.11. The Morgan fingerprint density at radius 2 is 1.78 bits per heavy atom. The van der Waals surface area contributed by atoms with Gasteiger partial charge >= 0.3 is 0 Å². The Morgan fingerprint density at radius 1 is 1.07 bits per heavy atom. The van der Waals surface area contributed by atoms with E-state index < -0.39 is 0 Å². The Hall–Kier alpha value is -1.90. The van der Waals surface area contributed by atoms with Crippen molar-refractivity contribution in [2.75, 3.05) is 25.0 Å². The quantitative estimate of drug-likeness (QED) is 0.387. The van der Waals surface area contributed by atoms with Crippen LogP contribution < -0.4 is 15.5 Å². The Balaban J connectivity index is 0.00000261. The van der Waals surface area contributed by atoms with Gasteiger partial charge in [0.2, 0.25) is 0 Å². The van der Waals surface area contributed by atoms with Crippen LogP contribution in [-0.4, -0.2) is 31.1 Å². The van der Waals surface area contributed by atoms with Gasteiger partial charge in [-0.15, -0.1) is 24.0 Å². The van der Waals surface area contributed by atoms with E-state index in [2.05, 4.69) is 31.6 Å². The first-order valence-electron chi connectivity index (χ1n) is 9.13. The number of rotatable bonds is 5. The molecule has 146 valence electrons. The molecule has 27 heavy (non-hydrogen) atoms. The van der Waals surface area contributed by atoms with Gasteiger partial charge in [-0.2, -0.15) is 0 Å². The van der Waals surface area contributed by atoms with Gasteiger partial charge in [-0.05, 0) is 54.7 Å². The molecule has 0 spiro atoms. The minimum atomic E-state index is -0.228. The van der Waals surface area contributed by atoms with Crippen molar-refractivity contribution in [3.8, 4) is 0 Å². The molecule has 1 aliphatic rings. The Kier molecular flexibility index (Phi) is 8.77. The second kappa shape index (κ2) is 11.1. The van der Waals surface area contributed by atoms with E-state index in [1.54, 1.807) is 13.1 Å². The maximum absolute atomic E-state index is 13.3. The number of nitrogens with zero attached hydrogens (tertiary/aromatic N) is 3. The predicted octanol–water partition coefficient (Wildman–Crippen LogP) is 3.69. The molecule has 0 unspecified atom stereocenters. The van der Waals surface area contributed by atoms with Crippen molar-refractivity contribution in [2.24, 2.45) is 4.99 Å². The standard InChI is InChI=1S/C20H26FN5.HI/c1-22-20(24-14-16-6-5-7-18(21)12-16)25-15-17-8-9-23-19(13-17)26-10-3-2-4-11-26;/h5-9,12-13H,2-4,10-11,14-15H2,1H3,(H2,22,24,25);1H. The second-order valence-electron chi connectivity index (χ2n) is 6.48. The zero-order valence-electron chi connectivity index (χ0n) is 15.6. The van der Waals surface area contributed by atoms with E-state index in [0.717, 1.165) is 30.0 Å². The Bertz CT molecular complexity index is 747. The molecular formula is C20H27FIN5. The molecule has 0 bridgehead atoms. The summed E-state index contributed by atoms with van der Waals surface area (Å²) in [5.41, 5.74) is 2.04. The summed E-state index contributed by atoms with van der Waals surface area (Å²) < 4.78 is 13.3. The maximum atomic E-state index is 13.3. The van der Waals surface area contributed by atoms with Crippen LogP contribution in [0.15, 0.2) is 47.6 Å². The summed E-state index contributed by atoms with van der Waals surface area (Å²) in [5.74, 6) is 1.51. The topological polar surface area (TPSA) is 52.6 Å². The lowest BCUT2D eigenvalue weighted by molar-refractivity contribution is 0.573.